The molecule has 1 saturated heterocycles. The molecular formula is C28H27FIN5O3. The second-order valence-corrected chi connectivity index (χ2v) is 9.69. The van der Waals surface area contributed by atoms with Crippen LogP contribution in [0.2, 0.25) is 0 Å². The average Bonchev–Trinajstić information content (AvgIpc) is 2.94. The lowest BCUT2D eigenvalue weighted by Gasteiger charge is -2.27. The van der Waals surface area contributed by atoms with Gasteiger partial charge in [0.2, 0.25) is 5.95 Å². The quantitative estimate of drug-likeness (QED) is 0.146. The summed E-state index contributed by atoms with van der Waals surface area (Å²) in [5.74, 6) is 1.29. The molecule has 0 unspecified atom stereocenters. The standard InChI is InChI=1S/C28H27FIN5O3/c1-2-37-25-15-19(16-32-34-28-31-17-23(29)27(33-28)35-10-12-36-13-11-35)14-24(30)26(25)38-18-21-8-5-7-20-6-3-4-9-22(20)21/h3-9,14-17H,2,10-13,18H2,1H3,(H,31,33,34)/b32-16+. The van der Waals surface area contributed by atoms with E-state index in [-0.39, 0.29) is 11.8 Å². The Kier molecular flexibility index (Phi) is 8.49. The fraction of sp³-hybridized carbons (Fsp3) is 0.250. The van der Waals surface area contributed by atoms with Gasteiger partial charge in [0.25, 0.3) is 0 Å². The van der Waals surface area contributed by atoms with Gasteiger partial charge in [-0.2, -0.15) is 10.1 Å². The van der Waals surface area contributed by atoms with Crippen LogP contribution < -0.4 is 19.8 Å². The van der Waals surface area contributed by atoms with Crippen LogP contribution in [0.3, 0.4) is 0 Å². The summed E-state index contributed by atoms with van der Waals surface area (Å²) in [6, 6.07) is 18.3. The maximum absolute atomic E-state index is 14.3. The molecule has 0 amide bonds. The highest BCUT2D eigenvalue weighted by Crippen LogP contribution is 2.35. The molecule has 38 heavy (non-hydrogen) atoms. The van der Waals surface area contributed by atoms with Gasteiger partial charge in [-0.3, -0.25) is 0 Å². The van der Waals surface area contributed by atoms with Gasteiger partial charge in [0.1, 0.15) is 6.61 Å². The normalized spacial score (nSPS) is 13.7. The minimum Gasteiger partial charge on any atom is -0.490 e. The van der Waals surface area contributed by atoms with Crippen molar-refractivity contribution < 1.29 is 18.6 Å². The minimum atomic E-state index is -0.476. The Hall–Kier alpha value is -3.51. The first-order valence-electron chi connectivity index (χ1n) is 12.3. The Labute approximate surface area is 234 Å². The molecule has 0 radical (unpaired) electrons. The highest BCUT2D eigenvalue weighted by atomic mass is 127. The first-order chi connectivity index (χ1) is 18.6. The number of halogens is 2. The minimum absolute atomic E-state index is 0.207. The zero-order chi connectivity index (χ0) is 26.3. The van der Waals surface area contributed by atoms with Crippen molar-refractivity contribution in [2.24, 2.45) is 5.10 Å². The second kappa shape index (κ2) is 12.4. The lowest BCUT2D eigenvalue weighted by Crippen LogP contribution is -2.37. The van der Waals surface area contributed by atoms with Gasteiger partial charge in [-0.25, -0.2) is 14.8 Å². The van der Waals surface area contributed by atoms with Crippen LogP contribution in [0.5, 0.6) is 11.5 Å². The molecule has 196 valence electrons. The van der Waals surface area contributed by atoms with E-state index >= 15 is 0 Å². The van der Waals surface area contributed by atoms with E-state index in [1.165, 1.54) is 5.39 Å². The molecule has 1 N–H and O–H groups in total. The number of hydrogen-bond acceptors (Lipinski definition) is 8. The number of nitrogens with zero attached hydrogens (tertiary/aromatic N) is 4. The van der Waals surface area contributed by atoms with E-state index in [2.05, 4.69) is 67.4 Å². The largest absolute Gasteiger partial charge is 0.490 e. The Balaban J connectivity index is 1.31. The Bertz CT molecular complexity index is 1440. The smallest absolute Gasteiger partial charge is 0.245 e. The number of rotatable bonds is 9. The van der Waals surface area contributed by atoms with E-state index < -0.39 is 5.82 Å². The van der Waals surface area contributed by atoms with Crippen LogP contribution in [-0.4, -0.2) is 49.1 Å². The van der Waals surface area contributed by atoms with Gasteiger partial charge in [-0.1, -0.05) is 42.5 Å². The Morgan fingerprint density at radius 2 is 1.95 bits per heavy atom. The maximum atomic E-state index is 14.3. The zero-order valence-electron chi connectivity index (χ0n) is 20.9. The summed E-state index contributed by atoms with van der Waals surface area (Å²) in [5.41, 5.74) is 4.70. The molecule has 5 rings (SSSR count). The third kappa shape index (κ3) is 6.13. The lowest BCUT2D eigenvalue weighted by molar-refractivity contribution is 0.122. The molecule has 1 fully saturated rings. The van der Waals surface area contributed by atoms with Crippen LogP contribution in [-0.2, 0) is 11.3 Å². The van der Waals surface area contributed by atoms with Gasteiger partial charge < -0.3 is 19.1 Å². The van der Waals surface area contributed by atoms with Crippen molar-refractivity contribution in [3.63, 3.8) is 0 Å². The third-order valence-corrected chi connectivity index (χ3v) is 6.80. The van der Waals surface area contributed by atoms with Gasteiger partial charge in [-0.05, 0) is 63.5 Å². The second-order valence-electron chi connectivity index (χ2n) is 8.52. The highest BCUT2D eigenvalue weighted by molar-refractivity contribution is 14.1. The summed E-state index contributed by atoms with van der Waals surface area (Å²) in [6.45, 7) is 5.06. The molecule has 10 heteroatoms. The number of nitrogens with one attached hydrogen (secondary N) is 1. The third-order valence-electron chi connectivity index (χ3n) is 6.00. The first-order valence-corrected chi connectivity index (χ1v) is 13.4. The number of morpholine rings is 1. The summed E-state index contributed by atoms with van der Waals surface area (Å²) in [6.07, 6.45) is 2.79. The number of hydrazone groups is 1. The van der Waals surface area contributed by atoms with Crippen molar-refractivity contribution in [2.75, 3.05) is 43.2 Å². The van der Waals surface area contributed by atoms with Crippen LogP contribution in [0.1, 0.15) is 18.1 Å². The molecule has 1 aliphatic heterocycles. The van der Waals surface area contributed by atoms with E-state index in [0.717, 1.165) is 26.3 Å². The fourth-order valence-electron chi connectivity index (χ4n) is 4.21. The molecule has 1 aliphatic rings. The molecule has 4 aromatic rings. The number of anilines is 2. The van der Waals surface area contributed by atoms with E-state index in [1.54, 1.807) is 6.21 Å². The summed E-state index contributed by atoms with van der Waals surface area (Å²) < 4.78 is 32.7. The molecule has 0 bridgehead atoms. The Morgan fingerprint density at radius 1 is 1.13 bits per heavy atom. The average molecular weight is 627 g/mol. The molecular weight excluding hydrogens is 600 g/mol. The van der Waals surface area contributed by atoms with Crippen LogP contribution in [0.25, 0.3) is 10.8 Å². The van der Waals surface area contributed by atoms with Gasteiger partial charge in [0.15, 0.2) is 23.1 Å². The van der Waals surface area contributed by atoms with Gasteiger partial charge in [0, 0.05) is 13.1 Å². The number of fused-ring (bicyclic) bond motifs is 1. The molecule has 0 spiro atoms. The van der Waals surface area contributed by atoms with E-state index in [4.69, 9.17) is 14.2 Å². The van der Waals surface area contributed by atoms with Gasteiger partial charge in [-0.15, -0.1) is 0 Å². The molecule has 0 atom stereocenters. The van der Waals surface area contributed by atoms with Crippen LogP contribution >= 0.6 is 22.6 Å². The Morgan fingerprint density at radius 3 is 2.79 bits per heavy atom. The maximum Gasteiger partial charge on any atom is 0.245 e. The topological polar surface area (TPSA) is 81.1 Å². The van der Waals surface area contributed by atoms with Crippen molar-refractivity contribution in [3.05, 3.63) is 81.3 Å². The van der Waals surface area contributed by atoms with Crippen molar-refractivity contribution in [3.8, 4) is 11.5 Å². The molecule has 1 aromatic heterocycles. The van der Waals surface area contributed by atoms with Gasteiger partial charge >= 0.3 is 0 Å². The van der Waals surface area contributed by atoms with Crippen LogP contribution in [0.15, 0.2) is 65.9 Å². The van der Waals surface area contributed by atoms with E-state index in [0.29, 0.717) is 51.0 Å². The number of ether oxygens (including phenoxy) is 3. The lowest BCUT2D eigenvalue weighted by atomic mass is 10.1. The monoisotopic (exact) mass is 627 g/mol. The summed E-state index contributed by atoms with van der Waals surface area (Å²) in [7, 11) is 0. The van der Waals surface area contributed by atoms with Crippen LogP contribution in [0, 0.1) is 9.39 Å². The molecule has 2 heterocycles. The van der Waals surface area contributed by atoms with Crippen LogP contribution in [0.4, 0.5) is 16.2 Å². The van der Waals surface area contributed by atoms with E-state index in [1.807, 2.05) is 42.2 Å². The zero-order valence-corrected chi connectivity index (χ0v) is 23.0. The van der Waals surface area contributed by atoms with Crippen molar-refractivity contribution in [2.45, 2.75) is 13.5 Å². The number of aromatic nitrogens is 2. The molecule has 0 aliphatic carbocycles. The molecule has 0 saturated carbocycles. The first kappa shape index (κ1) is 26.1. The fourth-order valence-corrected chi connectivity index (χ4v) is 4.99. The number of benzene rings is 3. The summed E-state index contributed by atoms with van der Waals surface area (Å²) in [4.78, 5) is 10.1. The van der Waals surface area contributed by atoms with Crippen molar-refractivity contribution in [1.82, 2.24) is 9.97 Å². The predicted octanol–water partition coefficient (Wildman–Crippen LogP) is 5.63. The summed E-state index contributed by atoms with van der Waals surface area (Å²) in [5, 5.41) is 6.60. The van der Waals surface area contributed by atoms with Crippen molar-refractivity contribution >= 4 is 51.3 Å². The number of hydrogen-bond donors (Lipinski definition) is 1. The van der Waals surface area contributed by atoms with Crippen molar-refractivity contribution in [1.29, 1.82) is 0 Å². The highest BCUT2D eigenvalue weighted by Gasteiger charge is 2.18. The summed E-state index contributed by atoms with van der Waals surface area (Å²) >= 11 is 2.24. The predicted molar refractivity (Wildman–Crippen MR) is 155 cm³/mol. The SMILES string of the molecule is CCOc1cc(/C=N/Nc2ncc(F)c(N3CCOCC3)n2)cc(I)c1OCc1cccc2ccccc12. The van der Waals surface area contributed by atoms with E-state index in [9.17, 15) is 4.39 Å². The molecule has 8 nitrogen and oxygen atoms in total. The van der Waals surface area contributed by atoms with Gasteiger partial charge in [0.05, 0.1) is 35.8 Å². The molecule has 3 aromatic carbocycles.